The molecule has 0 saturated carbocycles. The van der Waals surface area contributed by atoms with Gasteiger partial charge in [-0.05, 0) is 30.7 Å². The molecular weight excluding hydrogens is 446 g/mol. The third kappa shape index (κ3) is 4.72. The molecule has 0 radical (unpaired) electrons. The molecule has 1 aliphatic heterocycles. The highest BCUT2D eigenvalue weighted by molar-refractivity contribution is 5.97. The first kappa shape index (κ1) is 24.4. The minimum atomic E-state index is -1.53. The average molecular weight is 473 g/mol. The largest absolute Gasteiger partial charge is 0.480 e. The van der Waals surface area contributed by atoms with Crippen LogP contribution in [0.5, 0.6) is 0 Å². The van der Waals surface area contributed by atoms with Gasteiger partial charge in [0.25, 0.3) is 11.5 Å². The molecule has 0 fully saturated rings. The number of carboxylic acid groups (broad SMARTS) is 2. The maximum atomic E-state index is 12.4. The Kier molecular flexibility index (Phi) is 6.94. The van der Waals surface area contributed by atoms with Crippen LogP contribution in [0.3, 0.4) is 0 Å². The molecule has 13 nitrogen and oxygen atoms in total. The van der Waals surface area contributed by atoms with E-state index in [0.717, 1.165) is 0 Å². The monoisotopic (exact) mass is 473 g/mol. The zero-order valence-electron chi connectivity index (χ0n) is 18.7. The number of carboxylic acids is 2. The van der Waals surface area contributed by atoms with E-state index in [0.29, 0.717) is 18.5 Å². The number of carbonyl (C=O) groups excluding carboxylic acids is 1. The van der Waals surface area contributed by atoms with Gasteiger partial charge in [-0.3, -0.25) is 14.6 Å². The summed E-state index contributed by atoms with van der Waals surface area (Å²) in [7, 11) is 1.49. The second-order valence-electron chi connectivity index (χ2n) is 7.98. The Morgan fingerprint density at radius 3 is 2.53 bits per heavy atom. The molecule has 182 valence electrons. The van der Waals surface area contributed by atoms with Crippen LogP contribution in [0.4, 0.5) is 23.1 Å². The maximum Gasteiger partial charge on any atom is 0.333 e. The number of likely N-dealkylation sites (N-methyl/N-ethyl adjacent to an activating group) is 1. The van der Waals surface area contributed by atoms with Gasteiger partial charge in [0.2, 0.25) is 5.95 Å². The van der Waals surface area contributed by atoms with Gasteiger partial charge in [-0.25, -0.2) is 9.59 Å². The van der Waals surface area contributed by atoms with E-state index in [4.69, 9.17) is 5.73 Å². The van der Waals surface area contributed by atoms with Crippen LogP contribution in [0, 0.1) is 0 Å². The first-order valence-corrected chi connectivity index (χ1v) is 10.6. The molecule has 3 rings (SSSR count). The molecule has 2 aromatic rings. The number of aliphatic carboxylic acids is 2. The van der Waals surface area contributed by atoms with E-state index in [2.05, 4.69) is 25.9 Å². The number of amides is 1. The number of aromatic nitrogens is 2. The Morgan fingerprint density at radius 2 is 1.94 bits per heavy atom. The number of hydrogen-bond acceptors (Lipinski definition) is 9. The molecular formula is C21H27N7O6. The van der Waals surface area contributed by atoms with Gasteiger partial charge in [-0.2, -0.15) is 4.98 Å². The summed E-state index contributed by atoms with van der Waals surface area (Å²) in [6.07, 6.45) is 0.919. The van der Waals surface area contributed by atoms with Crippen LogP contribution in [0.1, 0.15) is 30.1 Å². The number of anilines is 4. The van der Waals surface area contributed by atoms with Gasteiger partial charge >= 0.3 is 11.9 Å². The van der Waals surface area contributed by atoms with E-state index in [9.17, 15) is 29.4 Å². The smallest absolute Gasteiger partial charge is 0.333 e. The third-order valence-corrected chi connectivity index (χ3v) is 5.75. The number of hydrogen-bond donors (Lipinski definition) is 7. The lowest BCUT2D eigenvalue weighted by molar-refractivity contribution is -0.142. The van der Waals surface area contributed by atoms with Crippen LogP contribution < -0.4 is 32.1 Å². The molecule has 0 saturated heterocycles. The number of H-pyrrole nitrogens is 1. The summed E-state index contributed by atoms with van der Waals surface area (Å²) in [4.78, 5) is 56.0. The Bertz CT molecular complexity index is 1150. The van der Waals surface area contributed by atoms with Crippen LogP contribution in [-0.4, -0.2) is 69.7 Å². The lowest BCUT2D eigenvalue weighted by atomic mass is 9.94. The Labute approximate surface area is 194 Å². The fourth-order valence-electron chi connectivity index (χ4n) is 3.73. The minimum Gasteiger partial charge on any atom is -0.480 e. The molecule has 1 aromatic heterocycles. The van der Waals surface area contributed by atoms with Crippen molar-refractivity contribution in [3.63, 3.8) is 0 Å². The summed E-state index contributed by atoms with van der Waals surface area (Å²) >= 11 is 0. The first-order chi connectivity index (χ1) is 16.1. The molecule has 2 atom stereocenters. The number of nitrogens with one attached hydrogen (secondary N) is 4. The van der Waals surface area contributed by atoms with Gasteiger partial charge in [-0.15, -0.1) is 0 Å². The molecule has 1 aromatic carbocycles. The highest BCUT2D eigenvalue weighted by atomic mass is 16.4. The molecule has 13 heteroatoms. The number of nitrogens with zero attached hydrogens (tertiary/aromatic N) is 2. The Balaban J connectivity index is 1.74. The summed E-state index contributed by atoms with van der Waals surface area (Å²) < 4.78 is 0. The van der Waals surface area contributed by atoms with Crippen molar-refractivity contribution in [2.45, 2.75) is 31.3 Å². The normalized spacial score (nSPS) is 17.8. The fraction of sp³-hybridized carbons (Fsp3) is 0.381. The molecule has 8 N–H and O–H groups in total. The number of rotatable bonds is 9. The minimum absolute atomic E-state index is 0.0524. The molecule has 0 spiro atoms. The van der Waals surface area contributed by atoms with Crippen molar-refractivity contribution < 1.29 is 24.6 Å². The predicted octanol–water partition coefficient (Wildman–Crippen LogP) is 0.132. The van der Waals surface area contributed by atoms with Crippen molar-refractivity contribution >= 4 is 41.0 Å². The number of nitrogen functional groups attached to an aromatic ring is 1. The lowest BCUT2D eigenvalue weighted by Gasteiger charge is -2.43. The number of benzene rings is 1. The van der Waals surface area contributed by atoms with Gasteiger partial charge in [0, 0.05) is 18.3 Å². The maximum absolute atomic E-state index is 12.4. The number of aromatic amines is 1. The van der Waals surface area contributed by atoms with Crippen molar-refractivity contribution in [1.82, 2.24) is 15.3 Å². The van der Waals surface area contributed by atoms with Crippen molar-refractivity contribution in [3.8, 4) is 0 Å². The van der Waals surface area contributed by atoms with Crippen LogP contribution in [0.15, 0.2) is 29.1 Å². The quantitative estimate of drug-likeness (QED) is 0.261. The summed E-state index contributed by atoms with van der Waals surface area (Å²) in [6, 6.07) is 5.20. The van der Waals surface area contributed by atoms with Crippen LogP contribution in [0.25, 0.3) is 0 Å². The summed E-state index contributed by atoms with van der Waals surface area (Å²) in [6.45, 7) is 1.69. The van der Waals surface area contributed by atoms with E-state index in [1.807, 2.05) is 6.92 Å². The average Bonchev–Trinajstić information content (AvgIpc) is 2.78. The topological polar surface area (TPSA) is 203 Å². The van der Waals surface area contributed by atoms with Crippen molar-refractivity contribution in [3.05, 3.63) is 40.2 Å². The van der Waals surface area contributed by atoms with Crippen LogP contribution >= 0.6 is 0 Å². The van der Waals surface area contributed by atoms with Gasteiger partial charge in [0.05, 0.1) is 13.1 Å². The molecule has 2 heterocycles. The summed E-state index contributed by atoms with van der Waals surface area (Å²) in [5, 5.41) is 27.6. The van der Waals surface area contributed by atoms with Crippen molar-refractivity contribution in [2.24, 2.45) is 0 Å². The standard InChI is InChI=1S/C21H27N7O6/c1-3-4-13(18(31)32)25-16(29)11-5-7-12(8-6-11)23-9-21(19(33)34)10-24-15-14(28(21)2)17(30)27-20(22)26-15/h5-8,13,23H,3-4,9-10H2,1-2H3,(H,25,29)(H,31,32)(H,33,34)(H4,22,24,26,27,30). The van der Waals surface area contributed by atoms with Gasteiger partial charge in [0.1, 0.15) is 11.7 Å². The molecule has 1 amide bonds. The SMILES string of the molecule is CCCC(NC(=O)c1ccc(NCC2(C(=O)O)CNc3nc(N)[nH]c(=O)c3N2C)cc1)C(=O)O. The molecule has 0 aliphatic carbocycles. The summed E-state index contributed by atoms with van der Waals surface area (Å²) in [5.41, 5.74) is 4.32. The van der Waals surface area contributed by atoms with Crippen molar-refractivity contribution in [1.29, 1.82) is 0 Å². The number of nitrogens with two attached hydrogens (primary N) is 1. The van der Waals surface area contributed by atoms with Gasteiger partial charge in [0.15, 0.2) is 11.4 Å². The van der Waals surface area contributed by atoms with Crippen molar-refractivity contribution in [2.75, 3.05) is 41.4 Å². The zero-order valence-corrected chi connectivity index (χ0v) is 18.7. The Morgan fingerprint density at radius 1 is 1.26 bits per heavy atom. The zero-order chi connectivity index (χ0) is 25.0. The second-order valence-corrected chi connectivity index (χ2v) is 7.98. The van der Waals surface area contributed by atoms with Crippen LogP contribution in [0.2, 0.25) is 0 Å². The van der Waals surface area contributed by atoms with E-state index in [1.54, 1.807) is 12.1 Å². The second kappa shape index (κ2) is 9.68. The molecule has 2 unspecified atom stereocenters. The number of fused-ring (bicyclic) bond motifs is 1. The van der Waals surface area contributed by atoms with E-state index < -0.39 is 35.0 Å². The Hall–Kier alpha value is -4.29. The molecule has 1 aliphatic rings. The van der Waals surface area contributed by atoms with E-state index in [-0.39, 0.29) is 36.1 Å². The fourth-order valence-corrected chi connectivity index (χ4v) is 3.73. The lowest BCUT2D eigenvalue weighted by Crippen LogP contribution is -2.65. The van der Waals surface area contributed by atoms with Crippen LogP contribution in [-0.2, 0) is 9.59 Å². The highest BCUT2D eigenvalue weighted by Crippen LogP contribution is 2.31. The molecule has 34 heavy (non-hydrogen) atoms. The van der Waals surface area contributed by atoms with Gasteiger partial charge < -0.3 is 36.8 Å². The van der Waals surface area contributed by atoms with E-state index in [1.165, 1.54) is 24.1 Å². The van der Waals surface area contributed by atoms with Gasteiger partial charge in [-0.1, -0.05) is 13.3 Å². The summed E-state index contributed by atoms with van der Waals surface area (Å²) in [5.74, 6) is -2.68. The third-order valence-electron chi connectivity index (χ3n) is 5.75. The predicted molar refractivity (Wildman–Crippen MR) is 125 cm³/mol. The number of carbonyl (C=O) groups is 3. The first-order valence-electron chi connectivity index (χ1n) is 10.6. The molecule has 0 bridgehead atoms. The van der Waals surface area contributed by atoms with E-state index >= 15 is 0 Å². The highest BCUT2D eigenvalue weighted by Gasteiger charge is 2.47.